The molecule has 6 nitrogen and oxygen atoms in total. The number of halogens is 2. The third-order valence-electron chi connectivity index (χ3n) is 4.54. The van der Waals surface area contributed by atoms with E-state index in [1.165, 1.54) is 36.4 Å². The van der Waals surface area contributed by atoms with Crippen molar-refractivity contribution < 1.29 is 16.8 Å². The molecule has 0 fully saturated rings. The van der Waals surface area contributed by atoms with Crippen LogP contribution in [0, 0.1) is 0 Å². The lowest BCUT2D eigenvalue weighted by Gasteiger charge is -2.15. The van der Waals surface area contributed by atoms with E-state index < -0.39 is 20.0 Å². The van der Waals surface area contributed by atoms with Gasteiger partial charge in [-0.1, -0.05) is 56.1 Å². The highest BCUT2D eigenvalue weighted by Gasteiger charge is 2.22. The van der Waals surface area contributed by atoms with Gasteiger partial charge in [0.1, 0.15) is 0 Å². The van der Waals surface area contributed by atoms with Crippen molar-refractivity contribution in [2.45, 2.75) is 9.79 Å². The second kappa shape index (κ2) is 8.86. The van der Waals surface area contributed by atoms with Crippen molar-refractivity contribution in [3.05, 3.63) is 105 Å². The molecular weight excluding hydrogens is 580 g/mol. The molecule has 0 atom stereocenters. The summed E-state index contributed by atoms with van der Waals surface area (Å²) < 4.78 is 60.6. The first-order chi connectivity index (χ1) is 15.2. The Labute approximate surface area is 202 Å². The number of allylic oxidation sites excluding steroid dienone is 2. The van der Waals surface area contributed by atoms with Crippen LogP contribution >= 0.6 is 31.9 Å². The Kier molecular flexibility index (Phi) is 6.30. The molecule has 0 aliphatic heterocycles. The largest absolute Gasteiger partial charge is 0.282 e. The quantitative estimate of drug-likeness (QED) is 0.419. The van der Waals surface area contributed by atoms with Crippen LogP contribution in [-0.2, 0) is 20.0 Å². The molecule has 32 heavy (non-hydrogen) atoms. The van der Waals surface area contributed by atoms with E-state index in [2.05, 4.69) is 40.7 Å². The molecule has 10 heteroatoms. The van der Waals surface area contributed by atoms with Crippen LogP contribution in [0.25, 0.3) is 0 Å². The normalized spacial score (nSPS) is 16.3. The Morgan fingerprint density at radius 2 is 0.875 bits per heavy atom. The summed E-state index contributed by atoms with van der Waals surface area (Å²) in [6, 6.07) is 19.1. The minimum absolute atomic E-state index is 0.0522. The third kappa shape index (κ3) is 4.83. The molecule has 0 aromatic heterocycles. The fourth-order valence-corrected chi connectivity index (χ4v) is 5.54. The predicted molar refractivity (Wildman–Crippen MR) is 131 cm³/mol. The van der Waals surface area contributed by atoms with Crippen molar-refractivity contribution in [3.63, 3.8) is 0 Å². The van der Waals surface area contributed by atoms with Crippen LogP contribution in [0.15, 0.2) is 112 Å². The van der Waals surface area contributed by atoms with E-state index in [4.69, 9.17) is 0 Å². The Bertz CT molecular complexity index is 1380. The zero-order valence-electron chi connectivity index (χ0n) is 16.2. The van der Waals surface area contributed by atoms with Gasteiger partial charge in [0, 0.05) is 20.1 Å². The molecule has 0 amide bonds. The van der Waals surface area contributed by atoms with Crippen molar-refractivity contribution >= 4 is 63.3 Å². The molecular formula is C22H14Br2N2O4S2. The van der Waals surface area contributed by atoms with Gasteiger partial charge >= 0.3 is 0 Å². The molecule has 0 unspecified atom stereocenters. The van der Waals surface area contributed by atoms with Gasteiger partial charge in [-0.25, -0.2) is 0 Å². The van der Waals surface area contributed by atoms with Crippen LogP contribution in [0.1, 0.15) is 11.1 Å². The summed E-state index contributed by atoms with van der Waals surface area (Å²) in [5.74, 6) is 0. The van der Waals surface area contributed by atoms with Crippen molar-refractivity contribution in [1.82, 2.24) is 0 Å². The minimum atomic E-state index is -3.97. The van der Waals surface area contributed by atoms with E-state index in [-0.39, 0.29) is 21.2 Å². The van der Waals surface area contributed by atoms with Gasteiger partial charge in [0.15, 0.2) is 0 Å². The van der Waals surface area contributed by atoms with Gasteiger partial charge in [0.2, 0.25) is 0 Å². The van der Waals surface area contributed by atoms with E-state index in [1.54, 1.807) is 48.5 Å². The predicted octanol–water partition coefficient (Wildman–Crippen LogP) is 5.14. The first-order valence-corrected chi connectivity index (χ1v) is 13.6. The number of sulfonamides is 2. The Morgan fingerprint density at radius 3 is 1.22 bits per heavy atom. The van der Waals surface area contributed by atoms with Crippen molar-refractivity contribution in [3.8, 4) is 0 Å². The lowest BCUT2D eigenvalue weighted by molar-refractivity contribution is 0.596. The molecule has 0 spiro atoms. The molecule has 162 valence electrons. The Balaban J connectivity index is 1.78. The van der Waals surface area contributed by atoms with Gasteiger partial charge in [-0.15, -0.1) is 0 Å². The van der Waals surface area contributed by atoms with E-state index in [1.807, 2.05) is 0 Å². The Hall–Kier alpha value is -2.40. The van der Waals surface area contributed by atoms with E-state index in [9.17, 15) is 16.8 Å². The molecule has 0 saturated carbocycles. The van der Waals surface area contributed by atoms with Crippen molar-refractivity contribution in [2.75, 3.05) is 0 Å². The zero-order chi connectivity index (χ0) is 22.9. The lowest BCUT2D eigenvalue weighted by Crippen LogP contribution is -2.16. The van der Waals surface area contributed by atoms with Crippen LogP contribution < -0.4 is 0 Å². The van der Waals surface area contributed by atoms with Crippen molar-refractivity contribution in [2.24, 2.45) is 8.80 Å². The number of hydrogen-bond acceptors (Lipinski definition) is 4. The number of benzene rings is 3. The van der Waals surface area contributed by atoms with Gasteiger partial charge < -0.3 is 0 Å². The fourth-order valence-electron chi connectivity index (χ4n) is 3.00. The second-order valence-corrected chi connectivity index (χ2v) is 11.7. The first kappa shape index (κ1) is 22.8. The zero-order valence-corrected chi connectivity index (χ0v) is 21.0. The number of fused-ring (bicyclic) bond motifs is 1. The number of hydrogen-bond donors (Lipinski definition) is 0. The SMILES string of the molecule is O=S(=O)(/N=C1C=C/C(=N\S(=O)(=O)c2ccc(Br)cc2)c2ccccc2/1)c1ccc(Br)cc1. The van der Waals surface area contributed by atoms with Crippen LogP contribution in [0.4, 0.5) is 0 Å². The Morgan fingerprint density at radius 1 is 0.531 bits per heavy atom. The smallest absolute Gasteiger partial charge is 0.199 e. The summed E-state index contributed by atoms with van der Waals surface area (Å²) in [6.45, 7) is 0. The lowest BCUT2D eigenvalue weighted by atomic mass is 9.94. The molecule has 4 rings (SSSR count). The number of nitrogens with zero attached hydrogens (tertiary/aromatic N) is 2. The summed E-state index contributed by atoms with van der Waals surface area (Å²) >= 11 is 6.55. The van der Waals surface area contributed by atoms with Gasteiger partial charge in [-0.05, 0) is 60.7 Å². The maximum absolute atomic E-state index is 12.8. The third-order valence-corrected chi connectivity index (χ3v) is 8.21. The fraction of sp³-hybridized carbons (Fsp3) is 0. The van der Waals surface area contributed by atoms with Crippen molar-refractivity contribution in [1.29, 1.82) is 0 Å². The molecule has 3 aromatic carbocycles. The summed E-state index contributed by atoms with van der Waals surface area (Å²) in [7, 11) is -7.93. The monoisotopic (exact) mass is 592 g/mol. The topological polar surface area (TPSA) is 93.0 Å². The van der Waals surface area contributed by atoms with Gasteiger partial charge in [0.05, 0.1) is 21.2 Å². The maximum Gasteiger partial charge on any atom is 0.282 e. The molecule has 0 radical (unpaired) electrons. The molecule has 0 bridgehead atoms. The van der Waals surface area contributed by atoms with Crippen LogP contribution in [-0.4, -0.2) is 28.3 Å². The highest BCUT2D eigenvalue weighted by molar-refractivity contribution is 9.10. The minimum Gasteiger partial charge on any atom is -0.199 e. The molecule has 0 saturated heterocycles. The highest BCUT2D eigenvalue weighted by atomic mass is 79.9. The number of rotatable bonds is 4. The molecule has 0 N–H and O–H groups in total. The van der Waals surface area contributed by atoms with E-state index in [0.717, 1.165) is 8.95 Å². The molecule has 3 aromatic rings. The standard InChI is InChI=1S/C22H14Br2N2O4S2/c23-15-5-9-17(10-6-15)31(27,28)25-21-13-14-22(20-4-2-1-3-19(20)21)26-32(29,30)18-11-7-16(24)8-12-18/h1-14H/b25-21-,26-22+. The van der Waals surface area contributed by atoms with Gasteiger partial charge in [0.25, 0.3) is 20.0 Å². The second-order valence-electron chi connectivity index (χ2n) is 6.69. The summed E-state index contributed by atoms with van der Waals surface area (Å²) in [5, 5.41) is 0. The maximum atomic E-state index is 12.8. The average Bonchev–Trinajstić information content (AvgIpc) is 2.76. The van der Waals surface area contributed by atoms with E-state index in [0.29, 0.717) is 11.1 Å². The summed E-state index contributed by atoms with van der Waals surface area (Å²) in [5.41, 5.74) is 1.34. The van der Waals surface area contributed by atoms with Gasteiger partial charge in [-0.3, -0.25) is 0 Å². The first-order valence-electron chi connectivity index (χ1n) is 9.15. The average molecular weight is 594 g/mol. The van der Waals surface area contributed by atoms with Crippen LogP contribution in [0.3, 0.4) is 0 Å². The highest BCUT2D eigenvalue weighted by Crippen LogP contribution is 2.24. The van der Waals surface area contributed by atoms with Crippen LogP contribution in [0.2, 0.25) is 0 Å². The molecule has 0 heterocycles. The van der Waals surface area contributed by atoms with Gasteiger partial charge in [-0.2, -0.15) is 25.6 Å². The summed E-state index contributed by atoms with van der Waals surface area (Å²) in [6.07, 6.45) is 2.91. The van der Waals surface area contributed by atoms with E-state index >= 15 is 0 Å². The molecule has 1 aliphatic rings. The van der Waals surface area contributed by atoms with Crippen LogP contribution in [0.5, 0.6) is 0 Å². The summed E-state index contributed by atoms with van der Waals surface area (Å²) in [4.78, 5) is 0.104. The molecule has 1 aliphatic carbocycles.